The van der Waals surface area contributed by atoms with Gasteiger partial charge in [-0.1, -0.05) is 97.0 Å². The van der Waals surface area contributed by atoms with Crippen molar-refractivity contribution in [2.75, 3.05) is 6.61 Å². The number of aliphatic hydroxyl groups is 1. The molecule has 0 spiro atoms. The van der Waals surface area contributed by atoms with Crippen LogP contribution in [0.4, 0.5) is 0 Å². The van der Waals surface area contributed by atoms with Crippen LogP contribution in [0.15, 0.2) is 11.6 Å². The minimum absolute atomic E-state index is 0.0176. The zero-order valence-corrected chi connectivity index (χ0v) is 27.1. The molecule has 42 heavy (non-hydrogen) atoms. The molecule has 0 heterocycles. The summed E-state index contributed by atoms with van der Waals surface area (Å²) in [6.45, 7) is 6.81. The Bertz CT molecular complexity index is 954. The Labute approximate surface area is 256 Å². The number of hydrogen-bond acceptors (Lipinski definition) is 5. The zero-order valence-electron chi connectivity index (χ0n) is 27.1. The van der Waals surface area contributed by atoms with Crippen LogP contribution in [0.3, 0.4) is 0 Å². The third-order valence-corrected chi connectivity index (χ3v) is 12.3. The van der Waals surface area contributed by atoms with E-state index in [0.717, 1.165) is 57.8 Å². The fraction of sp³-hybridized carbons (Fsp3) is 0.865. The lowest BCUT2D eigenvalue weighted by Crippen LogP contribution is -2.51. The monoisotopic (exact) mass is 584 g/mol. The van der Waals surface area contributed by atoms with Crippen molar-refractivity contribution in [3.63, 3.8) is 0 Å². The number of Topliss-reactive ketones (excluding diaryl/α,β-unsaturated/α-hetero) is 1. The molecule has 1 unspecified atom stereocenters. The van der Waals surface area contributed by atoms with Crippen molar-refractivity contribution in [2.45, 2.75) is 162 Å². The van der Waals surface area contributed by atoms with Crippen molar-refractivity contribution in [2.24, 2.45) is 34.5 Å². The van der Waals surface area contributed by atoms with Crippen LogP contribution in [0.1, 0.15) is 156 Å². The van der Waals surface area contributed by atoms with Gasteiger partial charge in [0, 0.05) is 12.3 Å². The number of aliphatic hydroxyl groups excluding tert-OH is 1. The number of ether oxygens (including phenoxy) is 1. The van der Waals surface area contributed by atoms with E-state index in [1.807, 2.05) is 6.08 Å². The number of carbonyl (C=O) groups excluding carboxylic acids is 3. The summed E-state index contributed by atoms with van der Waals surface area (Å²) >= 11 is 0. The van der Waals surface area contributed by atoms with Gasteiger partial charge in [0.2, 0.25) is 0 Å². The predicted octanol–water partition coefficient (Wildman–Crippen LogP) is 8.70. The maximum Gasteiger partial charge on any atom is 0.308 e. The Morgan fingerprint density at radius 1 is 0.881 bits per heavy atom. The molecule has 1 N–H and O–H groups in total. The summed E-state index contributed by atoms with van der Waals surface area (Å²) in [7, 11) is 0. The van der Waals surface area contributed by atoms with Gasteiger partial charge < -0.3 is 9.84 Å². The summed E-state index contributed by atoms with van der Waals surface area (Å²) in [6.07, 6.45) is 23.7. The number of esters is 1. The Kier molecular flexibility index (Phi) is 12.3. The first-order chi connectivity index (χ1) is 20.2. The molecule has 0 bridgehead atoms. The molecule has 0 amide bonds. The van der Waals surface area contributed by atoms with E-state index in [4.69, 9.17) is 4.74 Å². The Balaban J connectivity index is 1.13. The van der Waals surface area contributed by atoms with Crippen molar-refractivity contribution < 1.29 is 24.2 Å². The number of allylic oxidation sites excluding steroid dienone is 1. The van der Waals surface area contributed by atoms with Gasteiger partial charge in [-0.3, -0.25) is 14.4 Å². The SMILES string of the molecule is CCCCCCCCCCCCCC(O)CC(=O)OCC(=O)[C@H]1CC[C@H]2[C@@H]3CCC4=CC(=O)CC[C@]4(C)[C@H]3CC[C@]12C. The van der Waals surface area contributed by atoms with Crippen LogP contribution in [0.25, 0.3) is 0 Å². The van der Waals surface area contributed by atoms with Gasteiger partial charge >= 0.3 is 5.97 Å². The first kappa shape index (κ1) is 33.4. The largest absolute Gasteiger partial charge is 0.458 e. The predicted molar refractivity (Wildman–Crippen MR) is 168 cm³/mol. The smallest absolute Gasteiger partial charge is 0.308 e. The first-order valence-electron chi connectivity index (χ1n) is 17.8. The van der Waals surface area contributed by atoms with E-state index < -0.39 is 12.1 Å². The molecule has 7 atom stereocenters. The van der Waals surface area contributed by atoms with E-state index in [9.17, 15) is 19.5 Å². The molecule has 0 radical (unpaired) electrons. The van der Waals surface area contributed by atoms with Gasteiger partial charge in [0.25, 0.3) is 0 Å². The lowest BCUT2D eigenvalue weighted by molar-refractivity contribution is -0.152. The summed E-state index contributed by atoms with van der Waals surface area (Å²) in [5.41, 5.74) is 1.50. The molecule has 5 heteroatoms. The molecular formula is C37H60O5. The first-order valence-corrected chi connectivity index (χ1v) is 17.8. The second-order valence-electron chi connectivity index (χ2n) is 15.0. The summed E-state index contributed by atoms with van der Waals surface area (Å²) in [5, 5.41) is 10.4. The average molecular weight is 585 g/mol. The van der Waals surface area contributed by atoms with Crippen LogP contribution in [0.5, 0.6) is 0 Å². The lowest BCUT2D eigenvalue weighted by Gasteiger charge is -2.58. The molecule has 0 saturated heterocycles. The molecule has 0 aromatic carbocycles. The lowest BCUT2D eigenvalue weighted by atomic mass is 9.46. The Hall–Kier alpha value is -1.49. The number of rotatable bonds is 17. The Morgan fingerprint density at radius 2 is 1.55 bits per heavy atom. The van der Waals surface area contributed by atoms with E-state index >= 15 is 0 Å². The average Bonchev–Trinajstić information content (AvgIpc) is 3.32. The van der Waals surface area contributed by atoms with Crippen LogP contribution in [0, 0.1) is 34.5 Å². The van der Waals surface area contributed by atoms with Crippen molar-refractivity contribution in [1.82, 2.24) is 0 Å². The van der Waals surface area contributed by atoms with Gasteiger partial charge in [0.05, 0.1) is 12.5 Å². The molecule has 0 aromatic rings. The maximum absolute atomic E-state index is 13.4. The number of unbranched alkanes of at least 4 members (excludes halogenated alkanes) is 10. The van der Waals surface area contributed by atoms with Crippen molar-refractivity contribution in [3.05, 3.63) is 11.6 Å². The highest BCUT2D eigenvalue weighted by Gasteiger charge is 2.60. The summed E-state index contributed by atoms with van der Waals surface area (Å²) in [4.78, 5) is 37.9. The molecule has 3 saturated carbocycles. The van der Waals surface area contributed by atoms with Gasteiger partial charge in [-0.25, -0.2) is 0 Å². The quantitative estimate of drug-likeness (QED) is 0.137. The highest BCUT2D eigenvalue weighted by atomic mass is 16.5. The van der Waals surface area contributed by atoms with E-state index in [-0.39, 0.29) is 35.6 Å². The fourth-order valence-corrected chi connectivity index (χ4v) is 9.74. The summed E-state index contributed by atoms with van der Waals surface area (Å²) < 4.78 is 5.43. The van der Waals surface area contributed by atoms with E-state index in [1.54, 1.807) is 0 Å². The minimum atomic E-state index is -0.684. The molecule has 0 aliphatic heterocycles. The number of ketones is 2. The summed E-state index contributed by atoms with van der Waals surface area (Å²) in [5.74, 6) is 1.62. The zero-order chi connectivity index (χ0) is 30.2. The standard InChI is InChI=1S/C37H60O5/c1-4-5-6-7-8-9-10-11-12-13-14-15-28(38)25-35(41)42-26-34(40)33-19-18-31-30-17-16-27-24-29(39)20-22-36(27,2)32(30)21-23-37(31,33)3/h24,28,30-33,38H,4-23,25-26H2,1-3H3/t28?,30-,31-,32-,33+,36-,37-/m0/s1. The highest BCUT2D eigenvalue weighted by Crippen LogP contribution is 2.66. The van der Waals surface area contributed by atoms with Gasteiger partial charge in [-0.05, 0) is 86.0 Å². The molecule has 3 fully saturated rings. The van der Waals surface area contributed by atoms with Crippen LogP contribution >= 0.6 is 0 Å². The van der Waals surface area contributed by atoms with Crippen LogP contribution in [-0.4, -0.2) is 35.4 Å². The van der Waals surface area contributed by atoms with Crippen molar-refractivity contribution in [3.8, 4) is 0 Å². The third kappa shape index (κ3) is 7.96. The number of carbonyl (C=O) groups is 3. The van der Waals surface area contributed by atoms with Crippen molar-refractivity contribution in [1.29, 1.82) is 0 Å². The molecule has 5 nitrogen and oxygen atoms in total. The number of hydrogen-bond donors (Lipinski definition) is 1. The van der Waals surface area contributed by atoms with E-state index in [2.05, 4.69) is 20.8 Å². The molecular weight excluding hydrogens is 524 g/mol. The highest BCUT2D eigenvalue weighted by molar-refractivity contribution is 5.91. The van der Waals surface area contributed by atoms with E-state index in [0.29, 0.717) is 36.4 Å². The maximum atomic E-state index is 13.4. The van der Waals surface area contributed by atoms with Gasteiger partial charge in [-0.2, -0.15) is 0 Å². The minimum Gasteiger partial charge on any atom is -0.458 e. The Morgan fingerprint density at radius 3 is 2.24 bits per heavy atom. The topological polar surface area (TPSA) is 80.7 Å². The van der Waals surface area contributed by atoms with Crippen LogP contribution in [0.2, 0.25) is 0 Å². The summed E-state index contributed by atoms with van der Waals surface area (Å²) in [6, 6.07) is 0. The van der Waals surface area contributed by atoms with Gasteiger partial charge in [-0.15, -0.1) is 0 Å². The molecule has 4 aliphatic carbocycles. The molecule has 4 rings (SSSR count). The molecule has 238 valence electrons. The van der Waals surface area contributed by atoms with Crippen LogP contribution in [-0.2, 0) is 19.1 Å². The fourth-order valence-electron chi connectivity index (χ4n) is 9.74. The second kappa shape index (κ2) is 15.5. The van der Waals surface area contributed by atoms with Gasteiger partial charge in [0.15, 0.2) is 11.6 Å². The van der Waals surface area contributed by atoms with Gasteiger partial charge in [0.1, 0.15) is 6.61 Å². The molecule has 4 aliphatic rings. The second-order valence-corrected chi connectivity index (χ2v) is 15.0. The normalized spacial score (nSPS) is 32.9. The number of fused-ring (bicyclic) bond motifs is 5. The van der Waals surface area contributed by atoms with Crippen molar-refractivity contribution >= 4 is 17.5 Å². The van der Waals surface area contributed by atoms with E-state index in [1.165, 1.54) is 63.4 Å². The van der Waals surface area contributed by atoms with Crippen LogP contribution < -0.4 is 0 Å². The molecule has 0 aromatic heterocycles. The third-order valence-electron chi connectivity index (χ3n) is 12.3.